The molecule has 0 aliphatic heterocycles. The molecule has 1 aromatic heterocycles. The van der Waals surface area contributed by atoms with E-state index in [4.69, 9.17) is 9.78 Å². The van der Waals surface area contributed by atoms with Crippen LogP contribution in [-0.2, 0) is 15.8 Å². The molecule has 1 aromatic carbocycles. The van der Waals surface area contributed by atoms with Crippen molar-refractivity contribution in [2.45, 2.75) is 12.7 Å². The van der Waals surface area contributed by atoms with Gasteiger partial charge < -0.3 is 4.52 Å². The van der Waals surface area contributed by atoms with E-state index >= 15 is 0 Å². The van der Waals surface area contributed by atoms with Crippen molar-refractivity contribution in [2.24, 2.45) is 0 Å². The number of aromatic nitrogens is 1. The number of halogens is 1. The van der Waals surface area contributed by atoms with E-state index in [0.29, 0.717) is 15.9 Å². The third kappa shape index (κ3) is 3.59. The lowest BCUT2D eigenvalue weighted by atomic mass is 10.2. The summed E-state index contributed by atoms with van der Waals surface area (Å²) in [4.78, 5) is 0. The second kappa shape index (κ2) is 5.64. The Morgan fingerprint density at radius 2 is 2.20 bits per heavy atom. The lowest BCUT2D eigenvalue weighted by Crippen LogP contribution is -2.16. The molecule has 0 unspecified atom stereocenters. The Hall–Kier alpha value is -1.85. The van der Waals surface area contributed by atoms with Crippen molar-refractivity contribution in [3.8, 4) is 6.07 Å². The average Bonchev–Trinajstić information content (AvgIpc) is 2.73. The lowest BCUT2D eigenvalue weighted by molar-refractivity contribution is 0.392. The second-order valence-electron chi connectivity index (χ2n) is 4.09. The van der Waals surface area contributed by atoms with Gasteiger partial charge in [0.1, 0.15) is 23.3 Å². The Morgan fingerprint density at radius 3 is 2.80 bits per heavy atom. The molecule has 2 rings (SSSR count). The van der Waals surface area contributed by atoms with Gasteiger partial charge in [0.15, 0.2) is 0 Å². The van der Waals surface area contributed by atoms with Crippen molar-refractivity contribution >= 4 is 31.6 Å². The number of anilines is 1. The smallest absolute Gasteiger partial charge is 0.238 e. The molecule has 0 radical (unpaired) electrons. The van der Waals surface area contributed by atoms with Gasteiger partial charge in [-0.3, -0.25) is 4.72 Å². The van der Waals surface area contributed by atoms with Gasteiger partial charge in [-0.25, -0.2) is 8.42 Å². The minimum atomic E-state index is -3.67. The van der Waals surface area contributed by atoms with Gasteiger partial charge >= 0.3 is 0 Å². The van der Waals surface area contributed by atoms with Crippen molar-refractivity contribution in [3.63, 3.8) is 0 Å². The molecule has 0 saturated carbocycles. The Balaban J connectivity index is 2.24. The Labute approximate surface area is 124 Å². The number of aryl methyl sites for hydroxylation is 1. The molecule has 0 spiro atoms. The maximum atomic E-state index is 12.0. The maximum absolute atomic E-state index is 12.0. The Kier molecular flexibility index (Phi) is 4.11. The predicted molar refractivity (Wildman–Crippen MR) is 76.3 cm³/mol. The molecule has 8 heteroatoms. The Bertz CT molecular complexity index is 777. The van der Waals surface area contributed by atoms with Crippen molar-refractivity contribution in [1.29, 1.82) is 5.26 Å². The predicted octanol–water partition coefficient (Wildman–Crippen LogP) is 2.56. The molecule has 0 fully saturated rings. The first kappa shape index (κ1) is 14.6. The summed E-state index contributed by atoms with van der Waals surface area (Å²) < 4.78 is 32.0. The summed E-state index contributed by atoms with van der Waals surface area (Å²) in [6.45, 7) is 1.68. The van der Waals surface area contributed by atoms with E-state index < -0.39 is 10.0 Å². The Morgan fingerprint density at radius 1 is 1.45 bits per heavy atom. The largest absolute Gasteiger partial charge is 0.361 e. The number of nitrogens with zero attached hydrogens (tertiary/aromatic N) is 2. The molecule has 0 aliphatic carbocycles. The molecule has 0 bridgehead atoms. The maximum Gasteiger partial charge on any atom is 0.238 e. The number of hydrogen-bond donors (Lipinski definition) is 1. The van der Waals surface area contributed by atoms with Gasteiger partial charge in [-0.1, -0.05) is 21.1 Å². The summed E-state index contributed by atoms with van der Waals surface area (Å²) in [5.74, 6) is 0.220. The normalized spacial score (nSPS) is 11.1. The van der Waals surface area contributed by atoms with E-state index in [1.807, 2.05) is 6.07 Å². The molecule has 0 saturated heterocycles. The van der Waals surface area contributed by atoms with E-state index in [2.05, 4.69) is 25.8 Å². The molecular weight excluding hydrogens is 346 g/mol. The fourth-order valence-electron chi connectivity index (χ4n) is 1.58. The summed E-state index contributed by atoms with van der Waals surface area (Å²) in [7, 11) is -3.67. The molecule has 20 heavy (non-hydrogen) atoms. The topological polar surface area (TPSA) is 96.0 Å². The molecule has 1 heterocycles. The number of rotatable bonds is 4. The number of benzene rings is 1. The minimum Gasteiger partial charge on any atom is -0.361 e. The highest BCUT2D eigenvalue weighted by molar-refractivity contribution is 9.10. The lowest BCUT2D eigenvalue weighted by Gasteiger charge is -2.08. The van der Waals surface area contributed by atoms with Crippen LogP contribution < -0.4 is 4.72 Å². The van der Waals surface area contributed by atoms with Gasteiger partial charge in [0.25, 0.3) is 0 Å². The zero-order valence-corrected chi connectivity index (χ0v) is 12.8. The van der Waals surface area contributed by atoms with Crippen molar-refractivity contribution < 1.29 is 12.9 Å². The second-order valence-corrected chi connectivity index (χ2v) is 6.73. The third-order valence-electron chi connectivity index (χ3n) is 2.38. The van der Waals surface area contributed by atoms with Crippen LogP contribution in [0.15, 0.2) is 33.3 Å². The van der Waals surface area contributed by atoms with Crippen LogP contribution in [0.1, 0.15) is 17.0 Å². The zero-order chi connectivity index (χ0) is 14.8. The quantitative estimate of drug-likeness (QED) is 0.908. The summed E-state index contributed by atoms with van der Waals surface area (Å²) in [6.07, 6.45) is 0. The molecule has 1 N–H and O–H groups in total. The van der Waals surface area contributed by atoms with Crippen LogP contribution in [0.3, 0.4) is 0 Å². The van der Waals surface area contributed by atoms with Crippen LogP contribution in [0.25, 0.3) is 0 Å². The number of sulfonamides is 1. The van der Waals surface area contributed by atoms with Crippen LogP contribution in [0.4, 0.5) is 5.69 Å². The van der Waals surface area contributed by atoms with E-state index in [1.54, 1.807) is 19.1 Å². The summed E-state index contributed by atoms with van der Waals surface area (Å²) in [6, 6.07) is 8.20. The standard InChI is InChI=1S/C12H10BrN3O3S/c1-8-4-11(15-19-8)7-20(17,18)16-12-5-10(13)3-2-9(12)6-14/h2-5,16H,7H2,1H3. The van der Waals surface area contributed by atoms with Crippen LogP contribution >= 0.6 is 15.9 Å². The van der Waals surface area contributed by atoms with E-state index in [9.17, 15) is 8.42 Å². The number of hydrogen-bond acceptors (Lipinski definition) is 5. The first-order chi connectivity index (χ1) is 9.39. The van der Waals surface area contributed by atoms with Crippen LogP contribution in [0.2, 0.25) is 0 Å². The van der Waals surface area contributed by atoms with Crippen molar-refractivity contribution in [2.75, 3.05) is 4.72 Å². The van der Waals surface area contributed by atoms with E-state index in [-0.39, 0.29) is 17.0 Å². The average molecular weight is 356 g/mol. The highest BCUT2D eigenvalue weighted by Crippen LogP contribution is 2.22. The van der Waals surface area contributed by atoms with Crippen molar-refractivity contribution in [1.82, 2.24) is 5.16 Å². The van der Waals surface area contributed by atoms with Crippen LogP contribution in [0, 0.1) is 18.3 Å². The fraction of sp³-hybridized carbons (Fsp3) is 0.167. The summed E-state index contributed by atoms with van der Waals surface area (Å²) in [5, 5.41) is 12.6. The van der Waals surface area contributed by atoms with Crippen molar-refractivity contribution in [3.05, 3.63) is 45.8 Å². The number of nitrogens with one attached hydrogen (secondary N) is 1. The monoisotopic (exact) mass is 355 g/mol. The zero-order valence-electron chi connectivity index (χ0n) is 10.4. The molecule has 0 atom stereocenters. The van der Waals surface area contributed by atoms with Gasteiger partial charge in [-0.05, 0) is 25.1 Å². The van der Waals surface area contributed by atoms with Gasteiger partial charge in [0, 0.05) is 10.5 Å². The molecule has 2 aromatic rings. The summed E-state index contributed by atoms with van der Waals surface area (Å²) >= 11 is 3.23. The van der Waals surface area contributed by atoms with E-state index in [0.717, 1.165) is 0 Å². The van der Waals surface area contributed by atoms with Crippen LogP contribution in [-0.4, -0.2) is 13.6 Å². The van der Waals surface area contributed by atoms with Gasteiger partial charge in [0.05, 0.1) is 11.3 Å². The first-order valence-electron chi connectivity index (χ1n) is 5.52. The van der Waals surface area contributed by atoms with Gasteiger partial charge in [-0.2, -0.15) is 5.26 Å². The fourth-order valence-corrected chi connectivity index (χ4v) is 3.05. The SMILES string of the molecule is Cc1cc(CS(=O)(=O)Nc2cc(Br)ccc2C#N)no1. The minimum absolute atomic E-state index is 0.224. The summed E-state index contributed by atoms with van der Waals surface area (Å²) in [5.41, 5.74) is 0.777. The van der Waals surface area contributed by atoms with Gasteiger partial charge in [0.2, 0.25) is 10.0 Å². The molecular formula is C12H10BrN3O3S. The number of nitriles is 1. The highest BCUT2D eigenvalue weighted by Gasteiger charge is 2.16. The van der Waals surface area contributed by atoms with Gasteiger partial charge in [-0.15, -0.1) is 0 Å². The third-order valence-corrected chi connectivity index (χ3v) is 4.08. The van der Waals surface area contributed by atoms with E-state index in [1.165, 1.54) is 12.1 Å². The molecule has 0 aliphatic rings. The molecule has 0 amide bonds. The molecule has 104 valence electrons. The first-order valence-corrected chi connectivity index (χ1v) is 7.96. The van der Waals surface area contributed by atoms with Crippen LogP contribution in [0.5, 0.6) is 0 Å². The highest BCUT2D eigenvalue weighted by atomic mass is 79.9. The molecule has 6 nitrogen and oxygen atoms in total.